The molecule has 3 atom stereocenters. The molecule has 1 saturated heterocycles. The summed E-state index contributed by atoms with van der Waals surface area (Å²) in [4.78, 5) is 6.91. The molecule has 2 heterocycles. The molecule has 0 spiro atoms. The second-order valence-electron chi connectivity index (χ2n) is 5.54. The molecule has 4 heteroatoms. The lowest BCUT2D eigenvalue weighted by Gasteiger charge is -2.37. The van der Waals surface area contributed by atoms with Crippen LogP contribution in [0.5, 0.6) is 0 Å². The zero-order chi connectivity index (χ0) is 13.8. The Morgan fingerprint density at radius 3 is 2.89 bits per heavy atom. The van der Waals surface area contributed by atoms with Crippen molar-refractivity contribution in [3.8, 4) is 0 Å². The number of aromatic nitrogens is 1. The van der Waals surface area contributed by atoms with Gasteiger partial charge >= 0.3 is 0 Å². The molecule has 1 aromatic heterocycles. The first-order valence-electron chi connectivity index (χ1n) is 7.19. The number of nitrogens with zero attached hydrogens (tertiary/aromatic N) is 2. The molecule has 0 aromatic carbocycles. The number of hydrogen-bond acceptors (Lipinski definition) is 4. The van der Waals surface area contributed by atoms with Crippen LogP contribution in [0.2, 0.25) is 0 Å². The zero-order valence-corrected chi connectivity index (χ0v) is 12.2. The monoisotopic (exact) mass is 263 g/mol. The molecule has 2 rings (SSSR count). The van der Waals surface area contributed by atoms with Gasteiger partial charge in [-0.3, -0.25) is 0 Å². The molecule has 2 N–H and O–H groups in total. The van der Waals surface area contributed by atoms with Gasteiger partial charge in [0.05, 0.1) is 18.8 Å². The van der Waals surface area contributed by atoms with Gasteiger partial charge in [-0.2, -0.15) is 0 Å². The minimum absolute atomic E-state index is 0.231. The fourth-order valence-electron chi connectivity index (χ4n) is 2.38. The van der Waals surface area contributed by atoms with Gasteiger partial charge in [-0.25, -0.2) is 4.98 Å². The van der Waals surface area contributed by atoms with Crippen LogP contribution in [-0.4, -0.2) is 36.3 Å². The third kappa shape index (κ3) is 3.67. The van der Waals surface area contributed by atoms with Gasteiger partial charge in [0.15, 0.2) is 0 Å². The van der Waals surface area contributed by atoms with E-state index in [2.05, 4.69) is 42.8 Å². The molecule has 0 aliphatic carbocycles. The van der Waals surface area contributed by atoms with E-state index in [1.54, 1.807) is 0 Å². The van der Waals surface area contributed by atoms with Crippen LogP contribution in [0.3, 0.4) is 0 Å². The van der Waals surface area contributed by atoms with Crippen LogP contribution in [0.15, 0.2) is 18.3 Å². The van der Waals surface area contributed by atoms with E-state index in [-0.39, 0.29) is 12.1 Å². The lowest BCUT2D eigenvalue weighted by atomic mass is 10.1. The van der Waals surface area contributed by atoms with Crippen LogP contribution in [0.25, 0.3) is 0 Å². The zero-order valence-electron chi connectivity index (χ0n) is 12.2. The van der Waals surface area contributed by atoms with Crippen molar-refractivity contribution in [3.63, 3.8) is 0 Å². The van der Waals surface area contributed by atoms with Gasteiger partial charge in [-0.15, -0.1) is 0 Å². The maximum absolute atomic E-state index is 5.97. The molecule has 4 nitrogen and oxygen atoms in total. The highest BCUT2D eigenvalue weighted by Crippen LogP contribution is 2.20. The van der Waals surface area contributed by atoms with E-state index in [9.17, 15) is 0 Å². The van der Waals surface area contributed by atoms with Gasteiger partial charge in [0.25, 0.3) is 0 Å². The SMILES string of the molecule is CCC(N)Cc1ccc(N2CC(C)OCC2C)nc1. The van der Waals surface area contributed by atoms with Gasteiger partial charge in [0, 0.05) is 18.8 Å². The number of ether oxygens (including phenoxy) is 1. The van der Waals surface area contributed by atoms with Gasteiger partial charge < -0.3 is 15.4 Å². The molecule has 1 aliphatic heterocycles. The van der Waals surface area contributed by atoms with Crippen molar-refractivity contribution in [1.82, 2.24) is 4.98 Å². The highest BCUT2D eigenvalue weighted by Gasteiger charge is 2.24. The van der Waals surface area contributed by atoms with Crippen LogP contribution in [0, 0.1) is 0 Å². The summed E-state index contributed by atoms with van der Waals surface area (Å²) in [7, 11) is 0. The lowest BCUT2D eigenvalue weighted by molar-refractivity contribution is 0.0340. The Bertz CT molecular complexity index is 393. The van der Waals surface area contributed by atoms with Crippen LogP contribution >= 0.6 is 0 Å². The van der Waals surface area contributed by atoms with E-state index in [1.165, 1.54) is 5.56 Å². The number of rotatable bonds is 4. The van der Waals surface area contributed by atoms with Crippen molar-refractivity contribution in [2.75, 3.05) is 18.1 Å². The van der Waals surface area contributed by atoms with Crippen molar-refractivity contribution in [2.45, 2.75) is 51.8 Å². The maximum Gasteiger partial charge on any atom is 0.128 e. The fourth-order valence-corrected chi connectivity index (χ4v) is 2.38. The standard InChI is InChI=1S/C15H25N3O/c1-4-14(16)7-13-5-6-15(17-8-13)18-9-12(3)19-10-11(18)2/h5-6,8,11-12,14H,4,7,9-10,16H2,1-3H3. The number of hydrogen-bond donors (Lipinski definition) is 1. The maximum atomic E-state index is 5.97. The first-order valence-corrected chi connectivity index (χ1v) is 7.19. The van der Waals surface area contributed by atoms with Gasteiger partial charge in [-0.05, 0) is 38.3 Å². The molecule has 0 radical (unpaired) electrons. The fraction of sp³-hybridized carbons (Fsp3) is 0.667. The Labute approximate surface area is 116 Å². The van der Waals surface area contributed by atoms with Crippen molar-refractivity contribution < 1.29 is 4.74 Å². The van der Waals surface area contributed by atoms with E-state index in [1.807, 2.05) is 6.20 Å². The molecule has 19 heavy (non-hydrogen) atoms. The summed E-state index contributed by atoms with van der Waals surface area (Å²) in [5.41, 5.74) is 7.19. The van der Waals surface area contributed by atoms with E-state index in [4.69, 9.17) is 10.5 Å². The highest BCUT2D eigenvalue weighted by atomic mass is 16.5. The van der Waals surface area contributed by atoms with E-state index in [0.29, 0.717) is 6.04 Å². The first kappa shape index (κ1) is 14.3. The van der Waals surface area contributed by atoms with Crippen LogP contribution in [-0.2, 0) is 11.2 Å². The van der Waals surface area contributed by atoms with Crippen LogP contribution in [0.4, 0.5) is 5.82 Å². The van der Waals surface area contributed by atoms with E-state index in [0.717, 1.165) is 31.8 Å². The van der Waals surface area contributed by atoms with Gasteiger partial charge in [0.2, 0.25) is 0 Å². The average molecular weight is 263 g/mol. The number of morpholine rings is 1. The predicted molar refractivity (Wildman–Crippen MR) is 78.4 cm³/mol. The second kappa shape index (κ2) is 6.35. The quantitative estimate of drug-likeness (QED) is 0.902. The summed E-state index contributed by atoms with van der Waals surface area (Å²) in [6, 6.07) is 4.86. The molecule has 0 saturated carbocycles. The number of anilines is 1. The second-order valence-corrected chi connectivity index (χ2v) is 5.54. The molecule has 0 bridgehead atoms. The molecule has 0 amide bonds. The van der Waals surface area contributed by atoms with Crippen molar-refractivity contribution >= 4 is 5.82 Å². The van der Waals surface area contributed by atoms with Crippen molar-refractivity contribution in [1.29, 1.82) is 0 Å². The lowest BCUT2D eigenvalue weighted by Crippen LogP contribution is -2.47. The first-order chi connectivity index (χ1) is 9.10. The number of pyridine rings is 1. The summed E-state index contributed by atoms with van der Waals surface area (Å²) in [6.07, 6.45) is 4.13. The summed E-state index contributed by atoms with van der Waals surface area (Å²) < 4.78 is 5.65. The molecule has 1 fully saturated rings. The number of nitrogens with two attached hydrogens (primary N) is 1. The normalized spacial score (nSPS) is 25.4. The van der Waals surface area contributed by atoms with Gasteiger partial charge in [-0.1, -0.05) is 13.0 Å². The Hall–Kier alpha value is -1.13. The highest BCUT2D eigenvalue weighted by molar-refractivity contribution is 5.41. The van der Waals surface area contributed by atoms with Crippen LogP contribution in [0.1, 0.15) is 32.8 Å². The van der Waals surface area contributed by atoms with Crippen LogP contribution < -0.4 is 10.6 Å². The van der Waals surface area contributed by atoms with E-state index >= 15 is 0 Å². The molecule has 3 unspecified atom stereocenters. The molecular formula is C15H25N3O. The summed E-state index contributed by atoms with van der Waals surface area (Å²) in [5.74, 6) is 1.04. The molecule has 1 aromatic rings. The minimum Gasteiger partial charge on any atom is -0.375 e. The topological polar surface area (TPSA) is 51.4 Å². The Morgan fingerprint density at radius 2 is 2.26 bits per heavy atom. The van der Waals surface area contributed by atoms with Crippen molar-refractivity contribution in [3.05, 3.63) is 23.9 Å². The summed E-state index contributed by atoms with van der Waals surface area (Å²) in [5, 5.41) is 0. The van der Waals surface area contributed by atoms with E-state index < -0.39 is 0 Å². The Kier molecular flexibility index (Phi) is 4.77. The summed E-state index contributed by atoms with van der Waals surface area (Å²) >= 11 is 0. The predicted octanol–water partition coefficient (Wildman–Crippen LogP) is 1.97. The third-order valence-corrected chi connectivity index (χ3v) is 3.73. The van der Waals surface area contributed by atoms with Gasteiger partial charge in [0.1, 0.15) is 5.82 Å². The Balaban J connectivity index is 2.04. The Morgan fingerprint density at radius 1 is 1.47 bits per heavy atom. The minimum atomic E-state index is 0.231. The molecule has 106 valence electrons. The molecular weight excluding hydrogens is 238 g/mol. The largest absolute Gasteiger partial charge is 0.375 e. The third-order valence-electron chi connectivity index (χ3n) is 3.73. The molecule has 1 aliphatic rings. The summed E-state index contributed by atoms with van der Waals surface area (Å²) in [6.45, 7) is 8.07. The van der Waals surface area contributed by atoms with Crippen molar-refractivity contribution in [2.24, 2.45) is 5.73 Å². The average Bonchev–Trinajstić information content (AvgIpc) is 2.42. The smallest absolute Gasteiger partial charge is 0.128 e.